The van der Waals surface area contributed by atoms with Gasteiger partial charge in [-0.15, -0.1) is 0 Å². The second-order valence-corrected chi connectivity index (χ2v) is 19.8. The van der Waals surface area contributed by atoms with Crippen LogP contribution in [0.4, 0.5) is 60.5 Å². The first-order valence-corrected chi connectivity index (χ1v) is 21.9. The standard InChI is InChI=1S/C52H42F6N2S2/c1-49(2,3)45-43(31-17-15-19-33(29-31)51(53,54)55)47(59-35-21-7-11-25-39(35)61-40-26-12-8-22-36(40)59)44(32-18-16-20-34(30-32)52(56,57)58)46(50(4,5)6)48(45)60-37-23-9-13-27-41(37)62-42-28-14-10-24-38(42)60/h7-30H,1-6H3. The van der Waals surface area contributed by atoms with Crippen LogP contribution in [0, 0.1) is 0 Å². The Morgan fingerprint density at radius 3 is 0.984 bits per heavy atom. The summed E-state index contributed by atoms with van der Waals surface area (Å²) in [6.45, 7) is 12.4. The van der Waals surface area contributed by atoms with E-state index < -0.39 is 34.3 Å². The summed E-state index contributed by atoms with van der Waals surface area (Å²) in [4.78, 5) is 8.00. The first-order valence-electron chi connectivity index (χ1n) is 20.2. The van der Waals surface area contributed by atoms with Gasteiger partial charge in [-0.2, -0.15) is 26.3 Å². The molecule has 2 nitrogen and oxygen atoms in total. The van der Waals surface area contributed by atoms with Crippen LogP contribution in [-0.4, -0.2) is 0 Å². The van der Waals surface area contributed by atoms with Crippen LogP contribution in [0.1, 0.15) is 63.8 Å². The van der Waals surface area contributed by atoms with Gasteiger partial charge in [0.15, 0.2) is 0 Å². The van der Waals surface area contributed by atoms with Crippen molar-refractivity contribution in [2.75, 3.05) is 9.80 Å². The normalized spacial score (nSPS) is 13.9. The Morgan fingerprint density at radius 2 is 0.677 bits per heavy atom. The average Bonchev–Trinajstić information content (AvgIpc) is 3.22. The molecule has 0 amide bonds. The Morgan fingerprint density at radius 1 is 0.371 bits per heavy atom. The fourth-order valence-corrected chi connectivity index (χ4v) is 10.9. The molecule has 0 saturated carbocycles. The minimum absolute atomic E-state index is 0.288. The molecule has 9 rings (SSSR count). The van der Waals surface area contributed by atoms with Gasteiger partial charge in [-0.3, -0.25) is 0 Å². The number of alkyl halides is 6. The highest BCUT2D eigenvalue weighted by Gasteiger charge is 2.43. The molecule has 2 aliphatic rings. The fraction of sp³-hybridized carbons (Fsp3) is 0.192. The zero-order valence-corrected chi connectivity index (χ0v) is 36.5. The van der Waals surface area contributed by atoms with Crippen LogP contribution >= 0.6 is 23.5 Å². The number of fused-ring (bicyclic) bond motifs is 4. The van der Waals surface area contributed by atoms with Gasteiger partial charge in [-0.05, 0) is 106 Å². The SMILES string of the molecule is CC(C)(C)c1c(-c2cccc(C(F)(F)F)c2)c(N2c3ccccc3Sc3ccccc32)c(-c2cccc(C(F)(F)F)c2)c(C(C)(C)C)c1N1c2ccccc2Sc2ccccc21. The van der Waals surface area contributed by atoms with Crippen LogP contribution in [0.5, 0.6) is 0 Å². The maximum Gasteiger partial charge on any atom is 0.416 e. The Hall–Kier alpha value is -5.58. The summed E-state index contributed by atoms with van der Waals surface area (Å²) in [5.74, 6) is 0. The lowest BCUT2D eigenvalue weighted by molar-refractivity contribution is -0.138. The monoisotopic (exact) mass is 872 g/mol. The number of hydrogen-bond donors (Lipinski definition) is 0. The Bertz CT molecular complexity index is 2700. The third kappa shape index (κ3) is 7.24. The van der Waals surface area contributed by atoms with E-state index in [0.29, 0.717) is 22.5 Å². The van der Waals surface area contributed by atoms with Crippen LogP contribution in [0.3, 0.4) is 0 Å². The summed E-state index contributed by atoms with van der Waals surface area (Å²) < 4.78 is 89.8. The van der Waals surface area contributed by atoms with Crippen LogP contribution in [-0.2, 0) is 23.2 Å². The van der Waals surface area contributed by atoms with Gasteiger partial charge in [0.25, 0.3) is 0 Å². The van der Waals surface area contributed by atoms with Crippen LogP contribution in [0.2, 0.25) is 0 Å². The van der Waals surface area contributed by atoms with Crippen molar-refractivity contribution in [2.24, 2.45) is 0 Å². The van der Waals surface area contributed by atoms with Crippen LogP contribution in [0.15, 0.2) is 165 Å². The van der Waals surface area contributed by atoms with Crippen molar-refractivity contribution < 1.29 is 26.3 Å². The molecule has 2 aliphatic heterocycles. The van der Waals surface area contributed by atoms with Crippen molar-refractivity contribution in [3.8, 4) is 22.3 Å². The van der Waals surface area contributed by atoms with Gasteiger partial charge in [-0.25, -0.2) is 0 Å². The Balaban J connectivity index is 1.61. The van der Waals surface area contributed by atoms with Crippen molar-refractivity contribution >= 4 is 57.6 Å². The van der Waals surface area contributed by atoms with E-state index in [1.54, 1.807) is 35.7 Å². The molecule has 0 atom stereocenters. The highest BCUT2D eigenvalue weighted by Crippen LogP contribution is 2.64. The van der Waals surface area contributed by atoms with E-state index in [4.69, 9.17) is 0 Å². The average molecular weight is 873 g/mol. The second-order valence-electron chi connectivity index (χ2n) is 17.6. The first-order chi connectivity index (χ1) is 29.3. The third-order valence-electron chi connectivity index (χ3n) is 11.2. The van der Waals surface area contributed by atoms with Gasteiger partial charge in [0.05, 0.1) is 45.3 Å². The number of rotatable bonds is 4. The molecule has 0 aliphatic carbocycles. The predicted molar refractivity (Wildman–Crippen MR) is 242 cm³/mol. The lowest BCUT2D eigenvalue weighted by Crippen LogP contribution is -2.30. The smallest absolute Gasteiger partial charge is 0.308 e. The lowest BCUT2D eigenvalue weighted by atomic mass is 9.70. The molecule has 0 unspecified atom stereocenters. The van der Waals surface area contributed by atoms with E-state index in [9.17, 15) is 26.3 Å². The van der Waals surface area contributed by atoms with Gasteiger partial charge < -0.3 is 9.80 Å². The summed E-state index contributed by atoms with van der Waals surface area (Å²) >= 11 is 3.20. The molecule has 10 heteroatoms. The zero-order chi connectivity index (χ0) is 43.9. The van der Waals surface area contributed by atoms with Gasteiger partial charge >= 0.3 is 12.4 Å². The summed E-state index contributed by atoms with van der Waals surface area (Å²) in [6.07, 6.45) is -9.36. The van der Waals surface area contributed by atoms with E-state index in [-0.39, 0.29) is 11.1 Å². The minimum atomic E-state index is -4.68. The molecule has 0 saturated heterocycles. The van der Waals surface area contributed by atoms with Crippen molar-refractivity contribution in [3.63, 3.8) is 0 Å². The van der Waals surface area contributed by atoms with Crippen LogP contribution < -0.4 is 9.80 Å². The number of anilines is 6. The first kappa shape index (κ1) is 41.8. The largest absolute Gasteiger partial charge is 0.416 e. The number of hydrogen-bond acceptors (Lipinski definition) is 4. The predicted octanol–water partition coefficient (Wildman–Crippen LogP) is 17.5. The molecule has 2 heterocycles. The van der Waals surface area contributed by atoms with E-state index in [0.717, 1.165) is 65.6 Å². The molecular weight excluding hydrogens is 831 g/mol. The highest BCUT2D eigenvalue weighted by atomic mass is 32.2. The summed E-state index contributed by atoms with van der Waals surface area (Å²) in [6, 6.07) is 42.4. The van der Waals surface area contributed by atoms with Crippen LogP contribution in [0.25, 0.3) is 22.3 Å². The van der Waals surface area contributed by atoms with Crippen molar-refractivity contribution in [3.05, 3.63) is 168 Å². The lowest BCUT2D eigenvalue weighted by Gasteiger charge is -2.45. The van der Waals surface area contributed by atoms with Crippen molar-refractivity contribution in [1.29, 1.82) is 0 Å². The van der Waals surface area contributed by atoms with Crippen molar-refractivity contribution in [1.82, 2.24) is 0 Å². The highest BCUT2D eigenvalue weighted by molar-refractivity contribution is 8.00. The zero-order valence-electron chi connectivity index (χ0n) is 34.8. The van der Waals surface area contributed by atoms with Gasteiger partial charge in [0.2, 0.25) is 0 Å². The van der Waals surface area contributed by atoms with E-state index in [1.165, 1.54) is 24.3 Å². The third-order valence-corrected chi connectivity index (χ3v) is 13.5. The Labute approximate surface area is 366 Å². The van der Waals surface area contributed by atoms with Gasteiger partial charge in [0, 0.05) is 30.7 Å². The molecule has 0 aromatic heterocycles. The fourth-order valence-electron chi connectivity index (χ4n) is 8.79. The molecule has 7 aromatic rings. The molecule has 0 bridgehead atoms. The summed E-state index contributed by atoms with van der Waals surface area (Å²) in [7, 11) is 0. The quantitative estimate of drug-likeness (QED) is 0.163. The number of para-hydroxylation sites is 4. The maximum absolute atomic E-state index is 15.0. The van der Waals surface area contributed by atoms with Gasteiger partial charge in [0.1, 0.15) is 0 Å². The summed E-state index contributed by atoms with van der Waals surface area (Å²) in [5, 5.41) is 0. The molecule has 0 radical (unpaired) electrons. The molecule has 314 valence electrons. The minimum Gasteiger partial charge on any atom is -0.308 e. The molecular formula is C52H42F6N2S2. The number of nitrogens with zero attached hydrogens (tertiary/aromatic N) is 2. The summed E-state index contributed by atoms with van der Waals surface area (Å²) in [5.41, 5.74) is 4.27. The number of halogens is 6. The molecule has 0 N–H and O–H groups in total. The van der Waals surface area contributed by atoms with E-state index in [2.05, 4.69) is 51.3 Å². The molecule has 0 fully saturated rings. The number of benzene rings is 7. The van der Waals surface area contributed by atoms with E-state index in [1.807, 2.05) is 97.1 Å². The molecule has 62 heavy (non-hydrogen) atoms. The second kappa shape index (κ2) is 15.1. The topological polar surface area (TPSA) is 6.48 Å². The van der Waals surface area contributed by atoms with Crippen molar-refractivity contribution in [2.45, 2.75) is 84.3 Å². The Kier molecular flexibility index (Phi) is 10.1. The van der Waals surface area contributed by atoms with Gasteiger partial charge in [-0.1, -0.05) is 138 Å². The molecule has 0 spiro atoms. The molecule has 7 aromatic carbocycles. The van der Waals surface area contributed by atoms with E-state index >= 15 is 0 Å². The maximum atomic E-state index is 15.0.